The minimum atomic E-state index is 0. The van der Waals surface area contributed by atoms with Crippen LogP contribution in [0.25, 0.3) is 0 Å². The van der Waals surface area contributed by atoms with Gasteiger partial charge >= 0.3 is 0 Å². The molecule has 0 radical (unpaired) electrons. The van der Waals surface area contributed by atoms with Gasteiger partial charge in [0.1, 0.15) is 0 Å². The van der Waals surface area contributed by atoms with Crippen molar-refractivity contribution in [1.29, 1.82) is 0 Å². The van der Waals surface area contributed by atoms with Crippen molar-refractivity contribution in [1.82, 2.24) is 0 Å². The zero-order valence-electron chi connectivity index (χ0n) is 11.8. The monoisotopic (exact) mass is 463 g/mol. The molecule has 0 aliphatic rings. The Morgan fingerprint density at radius 2 is 1.00 bits per heavy atom. The molecule has 0 heterocycles. The maximum Gasteiger partial charge on any atom is 0.0461 e. The second kappa shape index (κ2) is 7.64. The van der Waals surface area contributed by atoms with Crippen molar-refractivity contribution >= 4 is 17.1 Å². The first-order valence-electron chi connectivity index (χ1n) is 6.81. The van der Waals surface area contributed by atoms with Crippen LogP contribution in [-0.2, 0) is 21.1 Å². The summed E-state index contributed by atoms with van der Waals surface area (Å²) in [6.07, 6.45) is 7.19. The van der Waals surface area contributed by atoms with Gasteiger partial charge in [0.2, 0.25) is 0 Å². The quantitative estimate of drug-likeness (QED) is 0.386. The van der Waals surface area contributed by atoms with Crippen LogP contribution >= 0.6 is 0 Å². The Morgan fingerprint density at radius 3 is 1.41 bits per heavy atom. The van der Waals surface area contributed by atoms with E-state index in [1.54, 1.807) is 0 Å². The zero-order chi connectivity index (χ0) is 14.5. The molecule has 110 valence electrons. The molecule has 0 spiro atoms. The third-order valence-corrected chi connectivity index (χ3v) is 3.30. The molecule has 0 aliphatic heterocycles. The fraction of sp³-hybridized carbons (Fsp3) is 0. The largest absolute Gasteiger partial charge is 0.366 e. The van der Waals surface area contributed by atoms with Crippen LogP contribution in [0.4, 0.5) is 17.1 Å². The summed E-state index contributed by atoms with van der Waals surface area (Å²) in [5, 5.41) is 0. The van der Waals surface area contributed by atoms with E-state index in [4.69, 9.17) is 6.42 Å². The molecule has 0 amide bonds. The van der Waals surface area contributed by atoms with Crippen molar-refractivity contribution in [2.45, 2.75) is 0 Å². The van der Waals surface area contributed by atoms with Crippen molar-refractivity contribution in [3.63, 3.8) is 0 Å². The topological polar surface area (TPSA) is 3.24 Å². The van der Waals surface area contributed by atoms with Gasteiger partial charge in [-0.25, -0.2) is 0 Å². The Hall–Kier alpha value is -2.29. The van der Waals surface area contributed by atoms with E-state index < -0.39 is 0 Å². The van der Waals surface area contributed by atoms with Crippen LogP contribution in [0.5, 0.6) is 0 Å². The normalized spacial score (nSPS) is 9.41. The molecule has 3 rings (SSSR count). The van der Waals surface area contributed by atoms with Crippen LogP contribution in [0.2, 0.25) is 0 Å². The molecule has 0 aliphatic carbocycles. The zero-order valence-corrected chi connectivity index (χ0v) is 14.1. The molecule has 0 saturated carbocycles. The van der Waals surface area contributed by atoms with Crippen LogP contribution < -0.4 is 4.90 Å². The van der Waals surface area contributed by atoms with Crippen molar-refractivity contribution in [3.05, 3.63) is 96.9 Å². The Bertz CT molecular complexity index is 704. The first-order valence-corrected chi connectivity index (χ1v) is 6.81. The summed E-state index contributed by atoms with van der Waals surface area (Å²) in [5.74, 6) is 2.40. The maximum atomic E-state index is 7.19. The van der Waals surface area contributed by atoms with Gasteiger partial charge in [-0.05, 0) is 24.3 Å². The van der Waals surface area contributed by atoms with Gasteiger partial charge in [0.15, 0.2) is 0 Å². The van der Waals surface area contributed by atoms with Gasteiger partial charge in [-0.2, -0.15) is 0 Å². The van der Waals surface area contributed by atoms with E-state index in [9.17, 15) is 0 Å². The van der Waals surface area contributed by atoms with E-state index in [0.29, 0.717) is 0 Å². The maximum absolute atomic E-state index is 7.19. The third kappa shape index (κ3) is 3.48. The van der Waals surface area contributed by atoms with Crippen molar-refractivity contribution in [3.8, 4) is 5.92 Å². The molecule has 0 unspecified atom stereocenters. The van der Waals surface area contributed by atoms with Gasteiger partial charge in [-0.1, -0.05) is 48.5 Å². The number of anilines is 3. The van der Waals surface area contributed by atoms with Gasteiger partial charge in [-0.3, -0.25) is 5.92 Å². The molecule has 3 aromatic rings. The summed E-state index contributed by atoms with van der Waals surface area (Å²) in [6, 6.07) is 28.3. The van der Waals surface area contributed by atoms with E-state index in [2.05, 4.69) is 35.1 Å². The number of nitrogens with zero attached hydrogens (tertiary/aromatic N) is 1. The summed E-state index contributed by atoms with van der Waals surface area (Å²) in [7, 11) is 0. The first-order chi connectivity index (χ1) is 10.4. The summed E-state index contributed by atoms with van der Waals surface area (Å²) < 4.78 is 0. The molecular weight excluding hydrogens is 449 g/mol. The summed E-state index contributed by atoms with van der Waals surface area (Å²) in [4.78, 5) is 2.19. The van der Waals surface area contributed by atoms with Crippen molar-refractivity contribution < 1.29 is 21.1 Å². The number of hydrogen-bond acceptors (Lipinski definition) is 1. The van der Waals surface area contributed by atoms with Gasteiger partial charge in [-0.15, -0.1) is 17.7 Å². The summed E-state index contributed by atoms with van der Waals surface area (Å²) in [5.41, 5.74) is 4.05. The molecule has 0 atom stereocenters. The van der Waals surface area contributed by atoms with Crippen LogP contribution in [-0.4, -0.2) is 0 Å². The average molecular weight is 463 g/mol. The molecule has 0 saturated heterocycles. The summed E-state index contributed by atoms with van der Waals surface area (Å²) >= 11 is 0. The second-order valence-corrected chi connectivity index (χ2v) is 4.68. The van der Waals surface area contributed by atoms with Crippen molar-refractivity contribution in [2.75, 3.05) is 4.90 Å². The predicted octanol–water partition coefficient (Wildman–Crippen LogP) is 5.09. The number of benzene rings is 3. The number of para-hydroxylation sites is 2. The van der Waals surface area contributed by atoms with Crippen LogP contribution in [0, 0.1) is 12.3 Å². The minimum Gasteiger partial charge on any atom is -0.366 e. The molecule has 2 heteroatoms. The minimum absolute atomic E-state index is 0. The van der Waals surface area contributed by atoms with E-state index in [1.807, 2.05) is 60.7 Å². The number of rotatable bonds is 3. The van der Waals surface area contributed by atoms with Gasteiger partial charge in [0.05, 0.1) is 0 Å². The Labute approximate surface area is 145 Å². The standard InChI is InChI=1S/C20H14N.Pt/c1-2-17-13-15-20(16-14-17)21(18-9-5-3-6-10-18)19-11-7-4-8-12-19;/h3-16H;/q-1;. The fourth-order valence-electron chi connectivity index (χ4n) is 2.30. The SMILES string of the molecule is [C-]#Cc1ccc(N(c2ccccc2)c2ccccc2)cc1.[Pt]. The Morgan fingerprint density at radius 1 is 0.591 bits per heavy atom. The van der Waals surface area contributed by atoms with E-state index in [0.717, 1.165) is 22.6 Å². The molecule has 0 bridgehead atoms. The molecule has 0 fully saturated rings. The smallest absolute Gasteiger partial charge is 0.0461 e. The van der Waals surface area contributed by atoms with Crippen molar-refractivity contribution in [2.24, 2.45) is 0 Å². The van der Waals surface area contributed by atoms with Gasteiger partial charge < -0.3 is 11.3 Å². The first kappa shape index (κ1) is 16.1. The summed E-state index contributed by atoms with van der Waals surface area (Å²) in [6.45, 7) is 0. The predicted molar refractivity (Wildman–Crippen MR) is 87.4 cm³/mol. The average Bonchev–Trinajstić information content (AvgIpc) is 2.58. The molecule has 1 nitrogen and oxygen atoms in total. The molecule has 0 aromatic heterocycles. The van der Waals surface area contributed by atoms with E-state index >= 15 is 0 Å². The molecule has 0 N–H and O–H groups in total. The fourth-order valence-corrected chi connectivity index (χ4v) is 2.30. The van der Waals surface area contributed by atoms with Gasteiger partial charge in [0, 0.05) is 38.1 Å². The van der Waals surface area contributed by atoms with Crippen LogP contribution in [0.3, 0.4) is 0 Å². The van der Waals surface area contributed by atoms with Crippen LogP contribution in [0.15, 0.2) is 84.9 Å². The number of hydrogen-bond donors (Lipinski definition) is 0. The van der Waals surface area contributed by atoms with Gasteiger partial charge in [0.25, 0.3) is 0 Å². The Balaban J connectivity index is 0.00000176. The molecular formula is C20H14NPt-. The molecule has 3 aromatic carbocycles. The Kier molecular flexibility index (Phi) is 5.59. The van der Waals surface area contributed by atoms with E-state index in [-0.39, 0.29) is 21.1 Å². The van der Waals surface area contributed by atoms with Crippen LogP contribution in [0.1, 0.15) is 5.56 Å². The second-order valence-electron chi connectivity index (χ2n) is 4.68. The third-order valence-electron chi connectivity index (χ3n) is 3.30. The van der Waals surface area contributed by atoms with E-state index in [1.165, 1.54) is 0 Å². The molecule has 22 heavy (non-hydrogen) atoms.